The van der Waals surface area contributed by atoms with E-state index in [4.69, 9.17) is 0 Å². The van der Waals surface area contributed by atoms with Gasteiger partial charge in [-0.1, -0.05) is 182 Å². The van der Waals surface area contributed by atoms with Crippen molar-refractivity contribution in [1.29, 1.82) is 0 Å². The first-order chi connectivity index (χ1) is 28.8. The van der Waals surface area contributed by atoms with Crippen molar-refractivity contribution in [1.82, 2.24) is 4.57 Å². The van der Waals surface area contributed by atoms with Crippen LogP contribution in [-0.4, -0.2) is 4.57 Å². The van der Waals surface area contributed by atoms with Crippen LogP contribution in [0, 0.1) is 0 Å². The van der Waals surface area contributed by atoms with E-state index >= 15 is 0 Å². The van der Waals surface area contributed by atoms with Gasteiger partial charge in [0, 0.05) is 38.8 Å². The summed E-state index contributed by atoms with van der Waals surface area (Å²) < 4.78 is 2.47. The zero-order chi connectivity index (χ0) is 38.4. The third-order valence-corrected chi connectivity index (χ3v) is 11.6. The number of hydrogen-bond donors (Lipinski definition) is 0. The summed E-state index contributed by atoms with van der Waals surface area (Å²) in [5.41, 5.74) is 14.0. The molecule has 0 N–H and O–H groups in total. The van der Waals surface area contributed by atoms with E-state index in [1.165, 1.54) is 71.2 Å². The van der Waals surface area contributed by atoms with Crippen LogP contribution in [0.2, 0.25) is 0 Å². The first-order valence-electron chi connectivity index (χ1n) is 19.9. The summed E-state index contributed by atoms with van der Waals surface area (Å²) in [4.78, 5) is 2.37. The molecule has 0 bridgehead atoms. The molecule has 0 fully saturated rings. The molecule has 0 aliphatic rings. The van der Waals surface area contributed by atoms with Gasteiger partial charge in [0.25, 0.3) is 0 Å². The van der Waals surface area contributed by atoms with Gasteiger partial charge >= 0.3 is 0 Å². The summed E-state index contributed by atoms with van der Waals surface area (Å²) in [6.07, 6.45) is 0. The quantitative estimate of drug-likeness (QED) is 0.158. The predicted octanol–water partition coefficient (Wildman–Crippen LogP) is 15.6. The lowest BCUT2D eigenvalue weighted by Crippen LogP contribution is -2.10. The zero-order valence-electron chi connectivity index (χ0n) is 31.8. The maximum atomic E-state index is 2.47. The van der Waals surface area contributed by atoms with Crippen LogP contribution in [0.25, 0.3) is 82.4 Å². The minimum absolute atomic E-state index is 1.09. The Hall–Kier alpha value is -7.68. The van der Waals surface area contributed by atoms with Gasteiger partial charge in [-0.2, -0.15) is 0 Å². The number of rotatable bonds is 7. The van der Waals surface area contributed by atoms with Gasteiger partial charge in [-0.15, -0.1) is 0 Å². The molecule has 11 rings (SSSR count). The smallest absolute Gasteiger partial charge is 0.0619 e. The Morgan fingerprint density at radius 2 is 0.845 bits per heavy atom. The Balaban J connectivity index is 1.04. The van der Waals surface area contributed by atoms with Crippen LogP contribution in [0.15, 0.2) is 231 Å². The normalized spacial score (nSPS) is 11.4. The van der Waals surface area contributed by atoms with E-state index in [-0.39, 0.29) is 0 Å². The summed E-state index contributed by atoms with van der Waals surface area (Å²) in [6.45, 7) is 0. The van der Waals surface area contributed by atoms with Crippen LogP contribution in [0.5, 0.6) is 0 Å². The minimum Gasteiger partial charge on any atom is -0.310 e. The molecule has 0 amide bonds. The molecule has 0 radical (unpaired) electrons. The molecular weight excluding hydrogens is 701 g/mol. The average Bonchev–Trinajstić information content (AvgIpc) is 3.65. The lowest BCUT2D eigenvalue weighted by Gasteiger charge is -2.26. The van der Waals surface area contributed by atoms with Crippen molar-refractivity contribution in [3.63, 3.8) is 0 Å². The molecule has 2 heteroatoms. The number of fused-ring (bicyclic) bond motifs is 6. The van der Waals surface area contributed by atoms with Gasteiger partial charge in [-0.25, -0.2) is 0 Å². The highest BCUT2D eigenvalue weighted by Crippen LogP contribution is 2.42. The highest BCUT2D eigenvalue weighted by Gasteiger charge is 2.19. The van der Waals surface area contributed by atoms with Crippen LogP contribution < -0.4 is 4.90 Å². The molecule has 2 nitrogen and oxygen atoms in total. The molecule has 0 aliphatic carbocycles. The lowest BCUT2D eigenvalue weighted by molar-refractivity contribution is 1.19. The summed E-state index contributed by atoms with van der Waals surface area (Å²) in [6, 6.07) is 83.6. The van der Waals surface area contributed by atoms with Crippen molar-refractivity contribution < 1.29 is 0 Å². The molecule has 0 saturated heterocycles. The highest BCUT2D eigenvalue weighted by molar-refractivity contribution is 6.19. The van der Waals surface area contributed by atoms with E-state index < -0.39 is 0 Å². The summed E-state index contributed by atoms with van der Waals surface area (Å²) in [5, 5.41) is 7.52. The van der Waals surface area contributed by atoms with Gasteiger partial charge in [-0.3, -0.25) is 0 Å². The number of aromatic nitrogens is 1. The van der Waals surface area contributed by atoms with Crippen molar-refractivity contribution in [3.8, 4) is 39.1 Å². The van der Waals surface area contributed by atoms with Crippen molar-refractivity contribution in [2.45, 2.75) is 0 Å². The molecule has 11 aromatic rings. The Bertz CT molecular complexity index is 3260. The van der Waals surface area contributed by atoms with Crippen molar-refractivity contribution in [2.24, 2.45) is 0 Å². The third kappa shape index (κ3) is 5.74. The number of nitrogens with zero attached hydrogens (tertiary/aromatic N) is 2. The second kappa shape index (κ2) is 14.1. The van der Waals surface area contributed by atoms with Crippen LogP contribution in [0.3, 0.4) is 0 Å². The molecule has 0 aliphatic heterocycles. The second-order valence-corrected chi connectivity index (χ2v) is 14.9. The fourth-order valence-corrected chi connectivity index (χ4v) is 8.85. The van der Waals surface area contributed by atoms with E-state index in [0.717, 1.165) is 28.3 Å². The fourth-order valence-electron chi connectivity index (χ4n) is 8.85. The van der Waals surface area contributed by atoms with Gasteiger partial charge in [-0.05, 0) is 92.5 Å². The molecule has 10 aromatic carbocycles. The maximum Gasteiger partial charge on any atom is 0.0619 e. The number of para-hydroxylation sites is 2. The van der Waals surface area contributed by atoms with Gasteiger partial charge in [0.05, 0.1) is 16.7 Å². The number of anilines is 3. The third-order valence-electron chi connectivity index (χ3n) is 11.6. The van der Waals surface area contributed by atoms with E-state index in [1.54, 1.807) is 0 Å². The van der Waals surface area contributed by atoms with E-state index in [1.807, 2.05) is 0 Å². The van der Waals surface area contributed by atoms with Crippen molar-refractivity contribution in [2.75, 3.05) is 4.90 Å². The molecule has 1 heterocycles. The summed E-state index contributed by atoms with van der Waals surface area (Å²) >= 11 is 0. The first kappa shape index (κ1) is 33.6. The second-order valence-electron chi connectivity index (χ2n) is 14.9. The molecule has 0 atom stereocenters. The molecule has 58 heavy (non-hydrogen) atoms. The molecular formula is C56H38N2. The van der Waals surface area contributed by atoms with Crippen molar-refractivity contribution >= 4 is 60.4 Å². The Kier molecular flexibility index (Phi) is 8.19. The molecule has 1 aromatic heterocycles. The van der Waals surface area contributed by atoms with Crippen LogP contribution >= 0.6 is 0 Å². The van der Waals surface area contributed by atoms with E-state index in [0.29, 0.717) is 0 Å². The maximum absolute atomic E-state index is 2.47. The minimum atomic E-state index is 1.09. The van der Waals surface area contributed by atoms with Gasteiger partial charge in [0.1, 0.15) is 0 Å². The lowest BCUT2D eigenvalue weighted by atomic mass is 9.98. The SMILES string of the molecule is c1ccc(-c2cccc(N(c3ccc(-c4ccccc4-n4c5ccccc5c5ccc6ccccc6c54)cc3)c3ccc(-c4cccc5ccccc45)cc3)c2)cc1. The fraction of sp³-hybridized carbons (Fsp3) is 0. The number of benzene rings is 10. The molecule has 0 spiro atoms. The highest BCUT2D eigenvalue weighted by atomic mass is 15.1. The Morgan fingerprint density at radius 1 is 0.293 bits per heavy atom. The largest absolute Gasteiger partial charge is 0.310 e. The van der Waals surface area contributed by atoms with Crippen molar-refractivity contribution in [3.05, 3.63) is 231 Å². The van der Waals surface area contributed by atoms with E-state index in [9.17, 15) is 0 Å². The number of hydrogen-bond acceptors (Lipinski definition) is 1. The average molecular weight is 739 g/mol. The zero-order valence-corrected chi connectivity index (χ0v) is 31.8. The van der Waals surface area contributed by atoms with Gasteiger partial charge < -0.3 is 9.47 Å². The molecule has 0 unspecified atom stereocenters. The molecule has 272 valence electrons. The Morgan fingerprint density at radius 3 is 1.62 bits per heavy atom. The predicted molar refractivity (Wildman–Crippen MR) is 247 cm³/mol. The van der Waals surface area contributed by atoms with Crippen LogP contribution in [0.1, 0.15) is 0 Å². The summed E-state index contributed by atoms with van der Waals surface area (Å²) in [7, 11) is 0. The van der Waals surface area contributed by atoms with Crippen LogP contribution in [-0.2, 0) is 0 Å². The Labute approximate surface area is 338 Å². The molecule has 0 saturated carbocycles. The summed E-state index contributed by atoms with van der Waals surface area (Å²) in [5.74, 6) is 0. The standard InChI is InChI=1S/C56H38N2/c1-2-14-39(15-3-1)44-19-12-20-47(38-44)57(45-33-28-42(29-34-45)49-25-13-18-40-16-4-6-21-48(40)49)46-35-30-43(31-36-46)50-22-8-10-26-54(50)58-55-27-11-9-24-52(55)53-37-32-41-17-5-7-23-51(41)56(53)58/h1-38H. The topological polar surface area (TPSA) is 8.17 Å². The van der Waals surface area contributed by atoms with Gasteiger partial charge in [0.15, 0.2) is 0 Å². The van der Waals surface area contributed by atoms with Crippen LogP contribution in [0.4, 0.5) is 17.1 Å². The monoisotopic (exact) mass is 738 g/mol. The first-order valence-corrected chi connectivity index (χ1v) is 19.9. The van der Waals surface area contributed by atoms with Gasteiger partial charge in [0.2, 0.25) is 0 Å². The van der Waals surface area contributed by atoms with E-state index in [2.05, 4.69) is 240 Å².